The lowest BCUT2D eigenvalue weighted by atomic mass is 9.86. The quantitative estimate of drug-likeness (QED) is 0.517. The standard InChI is InChI=1S/C20H20BrF3N4OS/c1-10-15(17-14(21)9-27-28(17)2)16(18(30-10)19(26)29)12(8-25)7-11-5-3-4-6-13(11)20(22,23)24/h3-6,9,12H,7-8,25H2,1-2H3,(H2,26,29)/t12-/m1/s1. The first-order valence-corrected chi connectivity index (χ1v) is 10.6. The number of halogens is 4. The van der Waals surface area contributed by atoms with Crippen LogP contribution in [0.25, 0.3) is 11.3 Å². The Balaban J connectivity index is 2.20. The molecule has 1 atom stereocenters. The number of primary amides is 1. The van der Waals surface area contributed by atoms with Crippen LogP contribution in [0.15, 0.2) is 34.9 Å². The molecule has 1 amide bonds. The predicted molar refractivity (Wildman–Crippen MR) is 114 cm³/mol. The van der Waals surface area contributed by atoms with Crippen molar-refractivity contribution in [1.82, 2.24) is 9.78 Å². The Morgan fingerprint density at radius 2 is 2.00 bits per heavy atom. The largest absolute Gasteiger partial charge is 0.416 e. The molecule has 0 aliphatic carbocycles. The summed E-state index contributed by atoms with van der Waals surface area (Å²) in [4.78, 5) is 13.3. The molecule has 1 aromatic carbocycles. The van der Waals surface area contributed by atoms with E-state index in [0.29, 0.717) is 20.6 Å². The number of carbonyl (C=O) groups is 1. The van der Waals surface area contributed by atoms with Gasteiger partial charge in [-0.3, -0.25) is 9.48 Å². The number of aromatic nitrogens is 2. The normalized spacial score (nSPS) is 12.9. The molecule has 0 spiro atoms. The number of rotatable bonds is 6. The van der Waals surface area contributed by atoms with Gasteiger partial charge in [-0.15, -0.1) is 11.3 Å². The third-order valence-corrected chi connectivity index (χ3v) is 6.67. The number of alkyl halides is 3. The van der Waals surface area contributed by atoms with Gasteiger partial charge < -0.3 is 11.5 Å². The van der Waals surface area contributed by atoms with Crippen molar-refractivity contribution >= 4 is 33.2 Å². The lowest BCUT2D eigenvalue weighted by molar-refractivity contribution is -0.138. The number of nitrogens with zero attached hydrogens (tertiary/aromatic N) is 2. The summed E-state index contributed by atoms with van der Waals surface area (Å²) >= 11 is 4.68. The topological polar surface area (TPSA) is 86.9 Å². The van der Waals surface area contributed by atoms with Crippen LogP contribution in [0.1, 0.15) is 37.2 Å². The Morgan fingerprint density at radius 1 is 1.33 bits per heavy atom. The Hall–Kier alpha value is -2.17. The molecule has 30 heavy (non-hydrogen) atoms. The summed E-state index contributed by atoms with van der Waals surface area (Å²) in [5, 5.41) is 4.22. The van der Waals surface area contributed by atoms with Crippen molar-refractivity contribution in [2.75, 3.05) is 6.54 Å². The third kappa shape index (κ3) is 4.17. The maximum atomic E-state index is 13.5. The maximum absolute atomic E-state index is 13.5. The molecule has 2 heterocycles. The van der Waals surface area contributed by atoms with E-state index in [2.05, 4.69) is 21.0 Å². The zero-order chi connectivity index (χ0) is 22.2. The summed E-state index contributed by atoms with van der Waals surface area (Å²) in [5.74, 6) is -1.18. The molecule has 3 aromatic rings. The number of carbonyl (C=O) groups excluding carboxylic acids is 1. The van der Waals surface area contributed by atoms with Crippen LogP contribution in [-0.4, -0.2) is 22.2 Å². The van der Waals surface area contributed by atoms with Crippen LogP contribution in [0.2, 0.25) is 0 Å². The van der Waals surface area contributed by atoms with Gasteiger partial charge in [0.25, 0.3) is 5.91 Å². The van der Waals surface area contributed by atoms with Crippen LogP contribution in [0, 0.1) is 6.92 Å². The van der Waals surface area contributed by atoms with Crippen LogP contribution in [-0.2, 0) is 19.6 Å². The molecular weight excluding hydrogens is 481 g/mol. The van der Waals surface area contributed by atoms with Gasteiger partial charge in [-0.1, -0.05) is 18.2 Å². The minimum Gasteiger partial charge on any atom is -0.365 e. The summed E-state index contributed by atoms with van der Waals surface area (Å²) in [6, 6.07) is 5.40. The SMILES string of the molecule is Cc1sc(C(N)=O)c([C@@H](CN)Cc2ccccc2C(F)(F)F)c1-c1c(Br)cnn1C. The van der Waals surface area contributed by atoms with Gasteiger partial charge in [-0.2, -0.15) is 18.3 Å². The molecule has 0 aliphatic rings. The molecule has 2 aromatic heterocycles. The minimum absolute atomic E-state index is 0.0190. The number of aryl methyl sites for hydroxylation is 2. The fourth-order valence-electron chi connectivity index (χ4n) is 3.66. The van der Waals surface area contributed by atoms with Crippen molar-refractivity contribution in [2.24, 2.45) is 18.5 Å². The van der Waals surface area contributed by atoms with Crippen LogP contribution in [0.3, 0.4) is 0 Å². The van der Waals surface area contributed by atoms with Crippen molar-refractivity contribution in [3.05, 3.63) is 61.4 Å². The molecule has 3 rings (SSSR count). The summed E-state index contributed by atoms with van der Waals surface area (Å²) < 4.78 is 42.9. The van der Waals surface area contributed by atoms with Crippen LogP contribution in [0.5, 0.6) is 0 Å². The Bertz CT molecular complexity index is 1070. The van der Waals surface area contributed by atoms with Gasteiger partial charge in [0.2, 0.25) is 0 Å². The molecule has 160 valence electrons. The van der Waals surface area contributed by atoms with Crippen molar-refractivity contribution in [3.63, 3.8) is 0 Å². The predicted octanol–water partition coefficient (Wildman–Crippen LogP) is 4.62. The van der Waals surface area contributed by atoms with E-state index < -0.39 is 23.6 Å². The minimum atomic E-state index is -4.49. The zero-order valence-corrected chi connectivity index (χ0v) is 18.7. The second kappa shape index (κ2) is 8.52. The summed E-state index contributed by atoms with van der Waals surface area (Å²) in [7, 11) is 1.75. The van der Waals surface area contributed by atoms with E-state index in [-0.39, 0.29) is 18.5 Å². The number of thiophene rings is 1. The molecule has 0 saturated heterocycles. The van der Waals surface area contributed by atoms with Crippen molar-refractivity contribution in [3.8, 4) is 11.3 Å². The monoisotopic (exact) mass is 500 g/mol. The van der Waals surface area contributed by atoms with Gasteiger partial charge in [0, 0.05) is 23.4 Å². The highest BCUT2D eigenvalue weighted by Crippen LogP contribution is 2.44. The van der Waals surface area contributed by atoms with Crippen molar-refractivity contribution in [1.29, 1.82) is 0 Å². The van der Waals surface area contributed by atoms with Gasteiger partial charge in [0.05, 0.1) is 26.8 Å². The van der Waals surface area contributed by atoms with Gasteiger partial charge >= 0.3 is 6.18 Å². The smallest absolute Gasteiger partial charge is 0.365 e. The number of hydrogen-bond acceptors (Lipinski definition) is 4. The van der Waals surface area contributed by atoms with E-state index in [0.717, 1.165) is 16.5 Å². The molecule has 0 bridgehead atoms. The number of amides is 1. The number of nitrogens with two attached hydrogens (primary N) is 2. The van der Waals surface area contributed by atoms with E-state index in [9.17, 15) is 18.0 Å². The first-order valence-electron chi connectivity index (χ1n) is 9.02. The van der Waals surface area contributed by atoms with Crippen molar-refractivity contribution < 1.29 is 18.0 Å². The number of hydrogen-bond donors (Lipinski definition) is 2. The summed E-state index contributed by atoms with van der Waals surface area (Å²) in [6.45, 7) is 1.89. The fourth-order valence-corrected chi connectivity index (χ4v) is 5.31. The Kier molecular flexibility index (Phi) is 6.40. The summed E-state index contributed by atoms with van der Waals surface area (Å²) in [5.41, 5.74) is 13.1. The lowest BCUT2D eigenvalue weighted by Crippen LogP contribution is -2.21. The third-order valence-electron chi connectivity index (χ3n) is 4.96. The van der Waals surface area contributed by atoms with Gasteiger partial charge in [0.15, 0.2) is 0 Å². The highest BCUT2D eigenvalue weighted by Gasteiger charge is 2.35. The number of benzene rings is 1. The first-order chi connectivity index (χ1) is 14.1. The molecule has 0 radical (unpaired) electrons. The zero-order valence-electron chi connectivity index (χ0n) is 16.3. The molecule has 0 fully saturated rings. The molecular formula is C20H20BrF3N4OS. The van der Waals surface area contributed by atoms with E-state index in [1.807, 2.05) is 6.92 Å². The van der Waals surface area contributed by atoms with Gasteiger partial charge in [-0.25, -0.2) is 0 Å². The Labute approximate surface area is 184 Å². The Morgan fingerprint density at radius 3 is 2.53 bits per heavy atom. The van der Waals surface area contributed by atoms with E-state index in [1.54, 1.807) is 24.0 Å². The average Bonchev–Trinajstić information content (AvgIpc) is 3.18. The van der Waals surface area contributed by atoms with Gasteiger partial charge in [-0.05, 0) is 53.0 Å². The highest BCUT2D eigenvalue weighted by atomic mass is 79.9. The maximum Gasteiger partial charge on any atom is 0.416 e. The second-order valence-electron chi connectivity index (χ2n) is 6.90. The molecule has 5 nitrogen and oxygen atoms in total. The fraction of sp³-hybridized carbons (Fsp3) is 0.300. The van der Waals surface area contributed by atoms with Crippen LogP contribution in [0.4, 0.5) is 13.2 Å². The lowest BCUT2D eigenvalue weighted by Gasteiger charge is -2.21. The van der Waals surface area contributed by atoms with Crippen LogP contribution >= 0.6 is 27.3 Å². The molecule has 4 N–H and O–H groups in total. The molecule has 0 aliphatic heterocycles. The second-order valence-corrected chi connectivity index (χ2v) is 8.98. The molecule has 0 unspecified atom stereocenters. The average molecular weight is 501 g/mol. The highest BCUT2D eigenvalue weighted by molar-refractivity contribution is 9.10. The van der Waals surface area contributed by atoms with E-state index in [4.69, 9.17) is 11.5 Å². The molecule has 10 heteroatoms. The van der Waals surface area contributed by atoms with Gasteiger partial charge in [0.1, 0.15) is 0 Å². The van der Waals surface area contributed by atoms with E-state index in [1.165, 1.54) is 23.5 Å². The van der Waals surface area contributed by atoms with Crippen molar-refractivity contribution in [2.45, 2.75) is 25.4 Å². The summed E-state index contributed by atoms with van der Waals surface area (Å²) in [6.07, 6.45) is -2.84. The van der Waals surface area contributed by atoms with E-state index >= 15 is 0 Å². The van der Waals surface area contributed by atoms with Crippen LogP contribution < -0.4 is 11.5 Å². The molecule has 0 saturated carbocycles. The first kappa shape index (κ1) is 22.5.